The summed E-state index contributed by atoms with van der Waals surface area (Å²) in [5.74, 6) is -2.20. The molecule has 8 heteroatoms. The van der Waals surface area contributed by atoms with E-state index in [0.717, 1.165) is 4.90 Å². The summed E-state index contributed by atoms with van der Waals surface area (Å²) in [5, 5.41) is 12.0. The van der Waals surface area contributed by atoms with Gasteiger partial charge >= 0.3 is 5.97 Å². The maximum absolute atomic E-state index is 12.3. The highest BCUT2D eigenvalue weighted by atomic mass is 35.5. The molecule has 0 radical (unpaired) electrons. The number of carbonyl (C=O) groups excluding carboxylic acids is 2. The van der Waals surface area contributed by atoms with Crippen molar-refractivity contribution >= 4 is 29.4 Å². The summed E-state index contributed by atoms with van der Waals surface area (Å²) in [6.07, 6.45) is 0.849. The Morgan fingerprint density at radius 2 is 2.00 bits per heavy atom. The van der Waals surface area contributed by atoms with Gasteiger partial charge in [0.05, 0.1) is 6.04 Å². The number of hydrogen-bond donors (Lipinski definition) is 3. The summed E-state index contributed by atoms with van der Waals surface area (Å²) in [6, 6.07) is 6.74. The molecule has 7 nitrogen and oxygen atoms in total. The largest absolute Gasteiger partial charge is 0.477 e. The Bertz CT molecular complexity index is 734. The van der Waals surface area contributed by atoms with E-state index in [0.29, 0.717) is 18.4 Å². The number of allylic oxidation sites excluding steroid dienone is 1. The van der Waals surface area contributed by atoms with E-state index in [4.69, 9.17) is 17.3 Å². The van der Waals surface area contributed by atoms with Crippen LogP contribution in [0.1, 0.15) is 24.4 Å². The van der Waals surface area contributed by atoms with Crippen LogP contribution in [-0.2, 0) is 14.4 Å². The van der Waals surface area contributed by atoms with Gasteiger partial charge in [0.25, 0.3) is 5.91 Å². The molecule has 0 spiro atoms. The van der Waals surface area contributed by atoms with Gasteiger partial charge in [-0.2, -0.15) is 0 Å². The molecule has 0 saturated carbocycles. The van der Waals surface area contributed by atoms with Crippen molar-refractivity contribution in [2.75, 3.05) is 0 Å². The van der Waals surface area contributed by atoms with Crippen molar-refractivity contribution in [2.24, 2.45) is 5.73 Å². The lowest BCUT2D eigenvalue weighted by Gasteiger charge is -2.49. The fourth-order valence-electron chi connectivity index (χ4n) is 3.07. The van der Waals surface area contributed by atoms with Gasteiger partial charge in [-0.05, 0) is 18.4 Å². The zero-order valence-corrected chi connectivity index (χ0v) is 13.4. The topological polar surface area (TPSA) is 113 Å². The fraction of sp³-hybridized carbons (Fsp3) is 0.312. The molecule has 2 heterocycles. The minimum Gasteiger partial charge on any atom is -0.477 e. The van der Waals surface area contributed by atoms with Crippen LogP contribution in [0.4, 0.5) is 0 Å². The molecule has 1 aromatic carbocycles. The quantitative estimate of drug-likeness (QED) is 0.693. The van der Waals surface area contributed by atoms with Crippen molar-refractivity contribution in [1.29, 1.82) is 0 Å². The minimum absolute atomic E-state index is 0.151. The van der Waals surface area contributed by atoms with Crippen molar-refractivity contribution < 1.29 is 19.5 Å². The number of carboxylic acids is 1. The highest BCUT2D eigenvalue weighted by molar-refractivity contribution is 6.32. The number of rotatable bonds is 4. The maximum Gasteiger partial charge on any atom is 0.353 e. The first-order valence-electron chi connectivity index (χ1n) is 7.47. The molecule has 126 valence electrons. The van der Waals surface area contributed by atoms with E-state index in [1.54, 1.807) is 24.3 Å². The highest BCUT2D eigenvalue weighted by Gasteiger charge is 2.53. The first kappa shape index (κ1) is 16.5. The Morgan fingerprint density at radius 3 is 2.62 bits per heavy atom. The molecule has 0 aromatic heterocycles. The van der Waals surface area contributed by atoms with Gasteiger partial charge in [0, 0.05) is 5.03 Å². The number of amides is 2. The summed E-state index contributed by atoms with van der Waals surface area (Å²) in [4.78, 5) is 37.0. The third kappa shape index (κ3) is 2.65. The van der Waals surface area contributed by atoms with E-state index >= 15 is 0 Å². The number of carboxylic acid groups (broad SMARTS) is 1. The number of carbonyl (C=O) groups is 3. The van der Waals surface area contributed by atoms with Crippen LogP contribution in [-0.4, -0.2) is 39.9 Å². The van der Waals surface area contributed by atoms with E-state index in [2.05, 4.69) is 5.32 Å². The van der Waals surface area contributed by atoms with E-state index in [1.807, 2.05) is 6.07 Å². The lowest BCUT2D eigenvalue weighted by atomic mass is 9.86. The number of aliphatic carboxylic acids is 1. The normalized spacial score (nSPS) is 24.1. The Kier molecular flexibility index (Phi) is 4.29. The molecule has 0 bridgehead atoms. The second-order valence-electron chi connectivity index (χ2n) is 5.75. The van der Waals surface area contributed by atoms with Gasteiger partial charge in [0.15, 0.2) is 0 Å². The van der Waals surface area contributed by atoms with E-state index < -0.39 is 35.9 Å². The number of β-lactam (4-membered cyclic amide) rings is 1. The summed E-state index contributed by atoms with van der Waals surface area (Å²) < 4.78 is 0. The predicted molar refractivity (Wildman–Crippen MR) is 85.7 cm³/mol. The molecule has 2 amide bonds. The van der Waals surface area contributed by atoms with Crippen molar-refractivity contribution in [2.45, 2.75) is 31.0 Å². The Morgan fingerprint density at radius 1 is 1.33 bits per heavy atom. The van der Waals surface area contributed by atoms with Gasteiger partial charge in [-0.15, -0.1) is 0 Å². The van der Waals surface area contributed by atoms with E-state index in [-0.39, 0.29) is 10.7 Å². The third-order valence-electron chi connectivity index (χ3n) is 4.32. The number of fused-ring (bicyclic) bond motifs is 1. The minimum atomic E-state index is -1.25. The summed E-state index contributed by atoms with van der Waals surface area (Å²) in [5.41, 5.74) is 6.35. The highest BCUT2D eigenvalue weighted by Crippen LogP contribution is 2.38. The van der Waals surface area contributed by atoms with Gasteiger partial charge < -0.3 is 16.2 Å². The van der Waals surface area contributed by atoms with Gasteiger partial charge in [-0.25, -0.2) is 4.79 Å². The van der Waals surface area contributed by atoms with Crippen LogP contribution < -0.4 is 11.1 Å². The van der Waals surface area contributed by atoms with Crippen LogP contribution in [0.5, 0.6) is 0 Å². The van der Waals surface area contributed by atoms with Crippen molar-refractivity contribution in [3.8, 4) is 0 Å². The summed E-state index contributed by atoms with van der Waals surface area (Å²) in [7, 11) is 0. The van der Waals surface area contributed by atoms with Crippen LogP contribution in [0.25, 0.3) is 0 Å². The standard InChI is InChI=1S/C16H16ClN3O4/c17-9-6-7-10-12(15(22)20(10)13(9)16(23)24)19-14(21)11(18)8-4-2-1-3-5-8/h1-5,10-12H,6-7,18H2,(H,19,21)(H,23,24)/t10?,11?,12-/m1/s1. The Balaban J connectivity index is 1.71. The Labute approximate surface area is 143 Å². The van der Waals surface area contributed by atoms with Gasteiger partial charge in [0.1, 0.15) is 17.8 Å². The van der Waals surface area contributed by atoms with Crippen LogP contribution in [0, 0.1) is 0 Å². The molecule has 2 aliphatic heterocycles. The number of benzene rings is 1. The zero-order valence-electron chi connectivity index (χ0n) is 12.6. The predicted octanol–water partition coefficient (Wildman–Crippen LogP) is 0.711. The molecule has 1 saturated heterocycles. The average molecular weight is 350 g/mol. The fourth-order valence-corrected chi connectivity index (χ4v) is 3.35. The summed E-state index contributed by atoms with van der Waals surface area (Å²) in [6.45, 7) is 0. The molecule has 2 aliphatic rings. The maximum atomic E-state index is 12.3. The second kappa shape index (κ2) is 6.26. The molecule has 3 atom stereocenters. The van der Waals surface area contributed by atoms with Crippen LogP contribution in [0.15, 0.2) is 41.1 Å². The average Bonchev–Trinajstić information content (AvgIpc) is 2.59. The molecule has 0 aliphatic carbocycles. The molecular weight excluding hydrogens is 334 g/mol. The first-order valence-corrected chi connectivity index (χ1v) is 7.85. The second-order valence-corrected chi connectivity index (χ2v) is 6.20. The molecule has 4 N–H and O–H groups in total. The molecule has 24 heavy (non-hydrogen) atoms. The third-order valence-corrected chi connectivity index (χ3v) is 4.69. The number of hydrogen-bond acceptors (Lipinski definition) is 4. The molecular formula is C16H16ClN3O4. The lowest BCUT2D eigenvalue weighted by molar-refractivity contribution is -0.156. The molecule has 1 aromatic rings. The molecule has 3 rings (SSSR count). The van der Waals surface area contributed by atoms with Crippen LogP contribution in [0.3, 0.4) is 0 Å². The van der Waals surface area contributed by atoms with Gasteiger partial charge in [0.2, 0.25) is 5.91 Å². The van der Waals surface area contributed by atoms with Crippen LogP contribution >= 0.6 is 11.6 Å². The molecule has 1 fully saturated rings. The summed E-state index contributed by atoms with van der Waals surface area (Å²) >= 11 is 5.92. The lowest BCUT2D eigenvalue weighted by Crippen LogP contribution is -2.72. The SMILES string of the molecule is NC(C(=O)N[C@H]1C(=O)N2C(C(=O)O)=C(Cl)CCC12)c1ccccc1. The zero-order chi connectivity index (χ0) is 17.4. The van der Waals surface area contributed by atoms with E-state index in [9.17, 15) is 19.5 Å². The number of halogens is 1. The van der Waals surface area contributed by atoms with Crippen molar-refractivity contribution in [3.63, 3.8) is 0 Å². The first-order chi connectivity index (χ1) is 11.4. The smallest absolute Gasteiger partial charge is 0.353 e. The van der Waals surface area contributed by atoms with Crippen molar-refractivity contribution in [3.05, 3.63) is 46.6 Å². The van der Waals surface area contributed by atoms with Gasteiger partial charge in [-0.1, -0.05) is 41.9 Å². The Hall–Kier alpha value is -2.38. The molecule has 2 unspecified atom stereocenters. The van der Waals surface area contributed by atoms with E-state index in [1.165, 1.54) is 0 Å². The number of nitrogens with two attached hydrogens (primary N) is 1. The van der Waals surface area contributed by atoms with Crippen LogP contribution in [0.2, 0.25) is 0 Å². The van der Waals surface area contributed by atoms with Crippen molar-refractivity contribution in [1.82, 2.24) is 10.2 Å². The number of nitrogens with zero attached hydrogens (tertiary/aromatic N) is 1. The monoisotopic (exact) mass is 349 g/mol. The number of nitrogens with one attached hydrogen (secondary N) is 1. The van der Waals surface area contributed by atoms with Gasteiger partial charge in [-0.3, -0.25) is 14.5 Å².